The highest BCUT2D eigenvalue weighted by Crippen LogP contribution is 2.22. The zero-order valence-corrected chi connectivity index (χ0v) is 13.8. The number of carboxylic acids is 1. The summed E-state index contributed by atoms with van der Waals surface area (Å²) in [5.74, 6) is -2.10. The lowest BCUT2D eigenvalue weighted by atomic mass is 10.0. The van der Waals surface area contributed by atoms with E-state index in [0.717, 1.165) is 18.4 Å². The van der Waals surface area contributed by atoms with Crippen molar-refractivity contribution in [2.45, 2.75) is 37.5 Å². The monoisotopic (exact) mass is 349 g/mol. The van der Waals surface area contributed by atoms with Crippen LogP contribution in [0.15, 0.2) is 30.3 Å². The fourth-order valence-corrected chi connectivity index (χ4v) is 2.42. The molecule has 3 atom stereocenters. The number of amides is 2. The van der Waals surface area contributed by atoms with Gasteiger partial charge >= 0.3 is 5.97 Å². The molecule has 1 heterocycles. The third-order valence-electron chi connectivity index (χ3n) is 3.84. The first-order valence-corrected chi connectivity index (χ1v) is 8.23. The number of carbonyl (C=O) groups excluding carboxylic acids is 2. The lowest BCUT2D eigenvalue weighted by Gasteiger charge is -2.18. The van der Waals surface area contributed by atoms with Crippen LogP contribution in [0.1, 0.15) is 18.4 Å². The Balaban J connectivity index is 1.95. The van der Waals surface area contributed by atoms with Crippen LogP contribution in [0, 0.1) is 0 Å². The molecule has 25 heavy (non-hydrogen) atoms. The van der Waals surface area contributed by atoms with Crippen LogP contribution in [0.4, 0.5) is 0 Å². The van der Waals surface area contributed by atoms with Crippen LogP contribution in [-0.2, 0) is 25.5 Å². The van der Waals surface area contributed by atoms with Crippen molar-refractivity contribution in [3.05, 3.63) is 35.9 Å². The van der Waals surface area contributed by atoms with Gasteiger partial charge in [-0.3, -0.25) is 9.59 Å². The van der Waals surface area contributed by atoms with Gasteiger partial charge in [0.25, 0.3) is 5.91 Å². The van der Waals surface area contributed by atoms with Crippen LogP contribution in [0.5, 0.6) is 0 Å². The first-order valence-electron chi connectivity index (χ1n) is 8.23. The maximum Gasteiger partial charge on any atom is 0.336 e. The third-order valence-corrected chi connectivity index (χ3v) is 3.84. The normalized spacial score (nSPS) is 19.7. The van der Waals surface area contributed by atoms with Crippen molar-refractivity contribution < 1.29 is 24.2 Å². The summed E-state index contributed by atoms with van der Waals surface area (Å²) in [4.78, 5) is 35.3. The van der Waals surface area contributed by atoms with Crippen molar-refractivity contribution in [3.63, 3.8) is 0 Å². The van der Waals surface area contributed by atoms with Gasteiger partial charge in [-0.1, -0.05) is 30.3 Å². The van der Waals surface area contributed by atoms with Crippen molar-refractivity contribution in [2.24, 2.45) is 5.73 Å². The molecular formula is C17H23N3O5. The average molecular weight is 349 g/mol. The minimum atomic E-state index is -1.19. The molecule has 0 aromatic heterocycles. The summed E-state index contributed by atoms with van der Waals surface area (Å²) in [6, 6.07) is 8.46. The number of hydrogen-bond donors (Lipinski definition) is 4. The molecule has 0 radical (unpaired) electrons. The Hall–Kier alpha value is -2.45. The maximum atomic E-state index is 12.4. The fraction of sp³-hybridized carbons (Fsp3) is 0.471. The highest BCUT2D eigenvalue weighted by Gasteiger charge is 2.51. The van der Waals surface area contributed by atoms with Crippen LogP contribution in [0.3, 0.4) is 0 Å². The fourth-order valence-electron chi connectivity index (χ4n) is 2.42. The Labute approximate surface area is 145 Å². The molecule has 0 saturated carbocycles. The summed E-state index contributed by atoms with van der Waals surface area (Å²) in [6.07, 6.45) is -0.321. The van der Waals surface area contributed by atoms with Gasteiger partial charge in [0.05, 0.1) is 0 Å². The van der Waals surface area contributed by atoms with Crippen molar-refractivity contribution in [3.8, 4) is 0 Å². The number of nitrogens with one attached hydrogen (secondary N) is 2. The van der Waals surface area contributed by atoms with Crippen LogP contribution in [-0.4, -0.2) is 54.2 Å². The number of nitrogens with two attached hydrogens (primary N) is 1. The number of ether oxygens (including phenoxy) is 1. The standard InChI is InChI=1S/C17H23N3O5/c18-8-4-5-9-19-15(21)12(10-11-6-2-1-3-7-11)20-16(22)13-14(25-13)17(23)24/h1-3,6-7,12-14H,4-5,8-10,18H2,(H,19,21)(H,20,22)(H,23,24)/t12-,13+,14+/m1/s1. The van der Waals surface area contributed by atoms with Crippen LogP contribution < -0.4 is 16.4 Å². The summed E-state index contributed by atoms with van der Waals surface area (Å²) >= 11 is 0. The number of aliphatic carboxylic acids is 1. The van der Waals surface area contributed by atoms with Crippen molar-refractivity contribution in [1.29, 1.82) is 0 Å². The van der Waals surface area contributed by atoms with Crippen molar-refractivity contribution in [1.82, 2.24) is 10.6 Å². The molecule has 1 aromatic carbocycles. The zero-order chi connectivity index (χ0) is 18.2. The van der Waals surface area contributed by atoms with E-state index in [-0.39, 0.29) is 5.91 Å². The van der Waals surface area contributed by atoms with Crippen LogP contribution in [0.25, 0.3) is 0 Å². The topological polar surface area (TPSA) is 134 Å². The number of unbranched alkanes of at least 4 members (excludes halogenated alkanes) is 1. The van der Waals surface area contributed by atoms with E-state index in [1.165, 1.54) is 0 Å². The molecule has 1 saturated heterocycles. The SMILES string of the molecule is NCCCCNC(=O)[C@@H](Cc1ccccc1)NC(=O)[C@H]1O[C@@H]1C(=O)O. The molecule has 5 N–H and O–H groups in total. The molecule has 1 aliphatic heterocycles. The van der Waals surface area contributed by atoms with Gasteiger partial charge in [-0.2, -0.15) is 0 Å². The van der Waals surface area contributed by atoms with E-state index in [2.05, 4.69) is 10.6 Å². The molecule has 2 rings (SSSR count). The molecule has 0 aliphatic carbocycles. The average Bonchev–Trinajstić information content (AvgIpc) is 3.40. The second kappa shape index (κ2) is 9.14. The molecule has 0 spiro atoms. The highest BCUT2D eigenvalue weighted by atomic mass is 16.6. The number of carbonyl (C=O) groups is 3. The Morgan fingerprint density at radius 3 is 2.48 bits per heavy atom. The Bertz CT molecular complexity index is 608. The van der Waals surface area contributed by atoms with Crippen molar-refractivity contribution >= 4 is 17.8 Å². The van der Waals surface area contributed by atoms with E-state index >= 15 is 0 Å². The van der Waals surface area contributed by atoms with Gasteiger partial charge in [0, 0.05) is 13.0 Å². The van der Waals surface area contributed by atoms with Gasteiger partial charge in [-0.15, -0.1) is 0 Å². The second-order valence-corrected chi connectivity index (χ2v) is 5.85. The first kappa shape index (κ1) is 18.9. The van der Waals surface area contributed by atoms with Gasteiger partial charge < -0.3 is 26.2 Å². The Kier molecular flexibility index (Phi) is 6.91. The van der Waals surface area contributed by atoms with Crippen LogP contribution in [0.2, 0.25) is 0 Å². The van der Waals surface area contributed by atoms with Crippen LogP contribution >= 0.6 is 0 Å². The zero-order valence-electron chi connectivity index (χ0n) is 13.8. The molecule has 8 nitrogen and oxygen atoms in total. The minimum Gasteiger partial charge on any atom is -0.479 e. The third kappa shape index (κ3) is 5.84. The molecule has 2 amide bonds. The number of carboxylic acid groups (broad SMARTS) is 1. The van der Waals surface area contributed by atoms with E-state index in [1.807, 2.05) is 30.3 Å². The molecule has 0 bridgehead atoms. The lowest BCUT2D eigenvalue weighted by Crippen LogP contribution is -2.49. The summed E-state index contributed by atoms with van der Waals surface area (Å²) < 4.78 is 4.83. The van der Waals surface area contributed by atoms with E-state index in [4.69, 9.17) is 15.6 Å². The van der Waals surface area contributed by atoms with Gasteiger partial charge in [-0.25, -0.2) is 4.79 Å². The van der Waals surface area contributed by atoms with E-state index in [9.17, 15) is 14.4 Å². The van der Waals surface area contributed by atoms with Gasteiger partial charge in [0.1, 0.15) is 6.04 Å². The quantitative estimate of drug-likeness (QED) is 0.330. The summed E-state index contributed by atoms with van der Waals surface area (Å²) in [6.45, 7) is 1.02. The molecule has 136 valence electrons. The molecule has 1 aliphatic rings. The smallest absolute Gasteiger partial charge is 0.336 e. The lowest BCUT2D eigenvalue weighted by molar-refractivity contribution is -0.138. The highest BCUT2D eigenvalue weighted by molar-refractivity contribution is 5.95. The Morgan fingerprint density at radius 1 is 1.16 bits per heavy atom. The van der Waals surface area contributed by atoms with Gasteiger partial charge in [0.15, 0.2) is 12.2 Å². The van der Waals surface area contributed by atoms with E-state index in [1.54, 1.807) is 0 Å². The van der Waals surface area contributed by atoms with Gasteiger partial charge in [0.2, 0.25) is 5.91 Å². The molecular weight excluding hydrogens is 326 g/mol. The largest absolute Gasteiger partial charge is 0.479 e. The first-order chi connectivity index (χ1) is 12.0. The molecule has 0 unspecified atom stereocenters. The van der Waals surface area contributed by atoms with E-state index < -0.39 is 30.1 Å². The van der Waals surface area contributed by atoms with Crippen molar-refractivity contribution in [2.75, 3.05) is 13.1 Å². The Morgan fingerprint density at radius 2 is 1.88 bits per heavy atom. The summed E-state index contributed by atoms with van der Waals surface area (Å²) in [5, 5.41) is 14.2. The van der Waals surface area contributed by atoms with E-state index in [0.29, 0.717) is 19.5 Å². The second-order valence-electron chi connectivity index (χ2n) is 5.85. The number of rotatable bonds is 10. The summed E-state index contributed by atoms with van der Waals surface area (Å²) in [5.41, 5.74) is 6.30. The molecule has 8 heteroatoms. The predicted octanol–water partition coefficient (Wildman–Crippen LogP) is -0.579. The minimum absolute atomic E-state index is 0.305. The number of benzene rings is 1. The molecule has 1 fully saturated rings. The predicted molar refractivity (Wildman–Crippen MR) is 89.7 cm³/mol. The molecule has 1 aromatic rings. The van der Waals surface area contributed by atoms with Gasteiger partial charge in [-0.05, 0) is 24.9 Å². The number of epoxide rings is 1. The summed E-state index contributed by atoms with van der Waals surface area (Å²) in [7, 11) is 0. The maximum absolute atomic E-state index is 12.4. The number of hydrogen-bond acceptors (Lipinski definition) is 5.